The second kappa shape index (κ2) is 7.98. The summed E-state index contributed by atoms with van der Waals surface area (Å²) < 4.78 is 72.2. The van der Waals surface area contributed by atoms with Crippen LogP contribution in [-0.2, 0) is 19.0 Å². The Balaban J connectivity index is 2.62. The Morgan fingerprint density at radius 3 is 2.18 bits per heavy atom. The molecule has 0 fully saturated rings. The van der Waals surface area contributed by atoms with E-state index in [0.29, 0.717) is 13.0 Å². The van der Waals surface area contributed by atoms with E-state index in [4.69, 9.17) is 9.16 Å². The molecule has 1 heterocycles. The van der Waals surface area contributed by atoms with Gasteiger partial charge in [-0.25, -0.2) is 13.2 Å². The molecule has 0 bridgehead atoms. The molecule has 0 atom stereocenters. The van der Waals surface area contributed by atoms with Crippen LogP contribution in [0.5, 0.6) is 0 Å². The molecule has 0 saturated heterocycles. The molecule has 0 spiro atoms. The Kier molecular flexibility index (Phi) is 7.12. The van der Waals surface area contributed by atoms with E-state index in [1.54, 1.807) is 13.8 Å². The zero-order chi connectivity index (χ0) is 22.2. The third-order valence-corrected chi connectivity index (χ3v) is 11.3. The lowest BCUT2D eigenvalue weighted by molar-refractivity contribution is -0.0428. The van der Waals surface area contributed by atoms with E-state index in [-0.39, 0.29) is 11.6 Å². The van der Waals surface area contributed by atoms with Gasteiger partial charge in [0, 0.05) is 19.6 Å². The molecule has 28 heavy (non-hydrogen) atoms. The van der Waals surface area contributed by atoms with Crippen molar-refractivity contribution in [2.45, 2.75) is 70.3 Å². The second-order valence-corrected chi connectivity index (χ2v) is 15.8. The van der Waals surface area contributed by atoms with Crippen LogP contribution >= 0.6 is 0 Å². The maximum Gasteiger partial charge on any atom is 0.501 e. The molecule has 0 unspecified atom stereocenters. The minimum atomic E-state index is -5.43. The minimum absolute atomic E-state index is 0.0371. The summed E-state index contributed by atoms with van der Waals surface area (Å²) in [5.41, 5.74) is -6.30. The Hall–Kier alpha value is -1.07. The Bertz CT molecular complexity index is 724. The average Bonchev–Trinajstić information content (AvgIpc) is 2.94. The van der Waals surface area contributed by atoms with Crippen LogP contribution in [0.1, 0.15) is 41.0 Å². The Morgan fingerprint density at radius 2 is 1.71 bits per heavy atom. The molecule has 1 rings (SSSR count). The number of carbonyl (C=O) groups excluding carboxylic acids is 1. The number of sulfone groups is 1. The first-order valence-corrected chi connectivity index (χ1v) is 13.3. The van der Waals surface area contributed by atoms with Gasteiger partial charge in [0.25, 0.3) is 9.84 Å². The van der Waals surface area contributed by atoms with Crippen molar-refractivity contribution in [2.24, 2.45) is 0 Å². The molecule has 6 nitrogen and oxygen atoms in total. The first kappa shape index (κ1) is 25.0. The highest BCUT2D eigenvalue weighted by atomic mass is 32.2. The molecule has 11 heteroatoms. The fourth-order valence-electron chi connectivity index (χ4n) is 2.13. The van der Waals surface area contributed by atoms with Crippen molar-refractivity contribution in [1.82, 2.24) is 4.90 Å². The molecule has 0 aromatic heterocycles. The van der Waals surface area contributed by atoms with Gasteiger partial charge in [-0.1, -0.05) is 20.8 Å². The van der Waals surface area contributed by atoms with Crippen molar-refractivity contribution in [2.75, 3.05) is 19.7 Å². The topological polar surface area (TPSA) is 72.9 Å². The van der Waals surface area contributed by atoms with Crippen LogP contribution in [0.15, 0.2) is 11.0 Å². The van der Waals surface area contributed by atoms with E-state index in [1.807, 2.05) is 0 Å². The third kappa shape index (κ3) is 5.96. The molecular formula is C17H30F3NO5SSi. The van der Waals surface area contributed by atoms with Crippen LogP contribution in [0.25, 0.3) is 0 Å². The second-order valence-electron chi connectivity index (χ2n) is 8.99. The van der Waals surface area contributed by atoms with Gasteiger partial charge in [0.05, 0.1) is 11.4 Å². The molecular weight excluding hydrogens is 415 g/mol. The van der Waals surface area contributed by atoms with E-state index in [1.165, 1.54) is 0 Å². The van der Waals surface area contributed by atoms with Gasteiger partial charge in [0.2, 0.25) is 0 Å². The smallest absolute Gasteiger partial charge is 0.443 e. The average molecular weight is 446 g/mol. The van der Waals surface area contributed by atoms with Gasteiger partial charge in [-0.15, -0.1) is 0 Å². The molecule has 1 amide bonds. The van der Waals surface area contributed by atoms with Gasteiger partial charge >= 0.3 is 11.6 Å². The highest BCUT2D eigenvalue weighted by molar-refractivity contribution is 7.96. The van der Waals surface area contributed by atoms with Crippen LogP contribution in [0.4, 0.5) is 18.0 Å². The molecule has 0 saturated carbocycles. The maximum atomic E-state index is 12.6. The lowest BCUT2D eigenvalue weighted by Gasteiger charge is -2.37. The van der Waals surface area contributed by atoms with E-state index in [0.717, 1.165) is 11.0 Å². The Morgan fingerprint density at radius 1 is 1.18 bits per heavy atom. The van der Waals surface area contributed by atoms with E-state index < -0.39 is 46.8 Å². The highest BCUT2D eigenvalue weighted by Crippen LogP contribution is 2.37. The quantitative estimate of drug-likeness (QED) is 0.565. The summed E-state index contributed by atoms with van der Waals surface area (Å²) in [7, 11) is -7.39. The molecule has 164 valence electrons. The van der Waals surface area contributed by atoms with Crippen LogP contribution in [0.3, 0.4) is 0 Å². The summed E-state index contributed by atoms with van der Waals surface area (Å²) in [5, 5.41) is 0.0371. The molecule has 0 aromatic rings. The van der Waals surface area contributed by atoms with Crippen LogP contribution in [-0.4, -0.2) is 58.5 Å². The molecule has 1 aliphatic rings. The van der Waals surface area contributed by atoms with E-state index in [2.05, 4.69) is 33.9 Å². The SMILES string of the molecule is CC(C)(CCO[Si](C)(C)C(C)(C)C)OC(=O)N1CC=C(S(=O)(=O)C(F)(F)F)C1. The number of ether oxygens (including phenoxy) is 1. The number of carbonyl (C=O) groups is 1. The predicted molar refractivity (Wildman–Crippen MR) is 103 cm³/mol. The number of rotatable bonds is 6. The van der Waals surface area contributed by atoms with Crippen LogP contribution in [0, 0.1) is 0 Å². The molecule has 0 aromatic carbocycles. The van der Waals surface area contributed by atoms with Gasteiger partial charge in [-0.2, -0.15) is 13.2 Å². The molecule has 0 radical (unpaired) electrons. The van der Waals surface area contributed by atoms with Gasteiger partial charge < -0.3 is 9.16 Å². The standard InChI is InChI=1S/C17H30F3NO5SSi/c1-15(2,3)28(6,7)25-11-9-16(4,5)26-14(22)21-10-8-13(12-21)27(23,24)17(18,19)20/h8H,9-12H2,1-7H3. The van der Waals surface area contributed by atoms with Gasteiger partial charge in [-0.05, 0) is 38.1 Å². The zero-order valence-electron chi connectivity index (χ0n) is 17.4. The van der Waals surface area contributed by atoms with Crippen molar-refractivity contribution in [1.29, 1.82) is 0 Å². The summed E-state index contributed by atoms with van der Waals surface area (Å²) >= 11 is 0. The van der Waals surface area contributed by atoms with Gasteiger partial charge in [0.1, 0.15) is 5.60 Å². The molecule has 1 aliphatic heterocycles. The van der Waals surface area contributed by atoms with Gasteiger partial charge in [-0.3, -0.25) is 4.90 Å². The number of halogens is 3. The van der Waals surface area contributed by atoms with Crippen molar-refractivity contribution >= 4 is 24.2 Å². The number of hydrogen-bond donors (Lipinski definition) is 0. The first-order valence-electron chi connectivity index (χ1n) is 8.92. The van der Waals surface area contributed by atoms with Crippen molar-refractivity contribution in [3.63, 3.8) is 0 Å². The summed E-state index contributed by atoms with van der Waals surface area (Å²) in [6, 6.07) is 0. The normalized spacial score (nSPS) is 16.9. The Labute approximate surface area is 166 Å². The third-order valence-electron chi connectivity index (χ3n) is 5.13. The number of alkyl halides is 3. The lowest BCUT2D eigenvalue weighted by atomic mass is 10.1. The van der Waals surface area contributed by atoms with E-state index in [9.17, 15) is 26.4 Å². The summed E-state index contributed by atoms with van der Waals surface area (Å²) in [5.74, 6) is 0. The highest BCUT2D eigenvalue weighted by Gasteiger charge is 2.49. The summed E-state index contributed by atoms with van der Waals surface area (Å²) in [4.78, 5) is 12.4. The summed E-state index contributed by atoms with van der Waals surface area (Å²) in [6.45, 7) is 13.4. The fraction of sp³-hybridized carbons (Fsp3) is 0.824. The summed E-state index contributed by atoms with van der Waals surface area (Å²) in [6.07, 6.45) is 0.429. The molecule has 0 N–H and O–H groups in total. The lowest BCUT2D eigenvalue weighted by Crippen LogP contribution is -2.43. The largest absolute Gasteiger partial charge is 0.501 e. The number of nitrogens with zero attached hydrogens (tertiary/aromatic N) is 1. The van der Waals surface area contributed by atoms with Crippen molar-refractivity contribution < 1.29 is 35.5 Å². The fourth-order valence-corrected chi connectivity index (χ4v) is 4.09. The van der Waals surface area contributed by atoms with E-state index >= 15 is 0 Å². The monoisotopic (exact) mass is 445 g/mol. The first-order chi connectivity index (χ1) is 12.3. The van der Waals surface area contributed by atoms with Crippen LogP contribution < -0.4 is 0 Å². The number of hydrogen-bond acceptors (Lipinski definition) is 5. The van der Waals surface area contributed by atoms with Crippen molar-refractivity contribution in [3.05, 3.63) is 11.0 Å². The maximum absolute atomic E-state index is 12.6. The van der Waals surface area contributed by atoms with Crippen LogP contribution in [0.2, 0.25) is 18.1 Å². The number of amides is 1. The minimum Gasteiger partial charge on any atom is -0.443 e. The van der Waals surface area contributed by atoms with Gasteiger partial charge in [0.15, 0.2) is 8.32 Å². The predicted octanol–water partition coefficient (Wildman–Crippen LogP) is 4.45. The molecule has 0 aliphatic carbocycles. The van der Waals surface area contributed by atoms with Crippen molar-refractivity contribution in [3.8, 4) is 0 Å². The zero-order valence-corrected chi connectivity index (χ0v) is 19.3.